The topological polar surface area (TPSA) is 55.2 Å². The molecule has 0 unspecified atom stereocenters. The molecule has 0 saturated heterocycles. The summed E-state index contributed by atoms with van der Waals surface area (Å²) < 4.78 is 38.4. The van der Waals surface area contributed by atoms with Crippen molar-refractivity contribution >= 4 is 23.1 Å². The van der Waals surface area contributed by atoms with Crippen LogP contribution in [-0.2, 0) is 6.18 Å². The Morgan fingerprint density at radius 3 is 2.63 bits per heavy atom. The molecule has 0 heterocycles. The van der Waals surface area contributed by atoms with E-state index in [1.54, 1.807) is 11.8 Å². The second kappa shape index (κ2) is 6.65. The number of nitro benzene ring substituents is 1. The van der Waals surface area contributed by atoms with Crippen LogP contribution in [-0.4, -0.2) is 23.5 Å². The fourth-order valence-electron chi connectivity index (χ4n) is 1.47. The lowest BCUT2D eigenvalue weighted by molar-refractivity contribution is -0.385. The van der Waals surface area contributed by atoms with E-state index in [-0.39, 0.29) is 5.69 Å². The first-order valence-electron chi connectivity index (χ1n) is 5.44. The maximum atomic E-state index is 12.8. The Kier molecular flexibility index (Phi) is 5.46. The molecule has 4 nitrogen and oxygen atoms in total. The zero-order chi connectivity index (χ0) is 14.5. The van der Waals surface area contributed by atoms with E-state index in [4.69, 9.17) is 0 Å². The van der Waals surface area contributed by atoms with Crippen LogP contribution in [0.4, 0.5) is 24.5 Å². The molecule has 1 aromatic rings. The van der Waals surface area contributed by atoms with Crippen LogP contribution in [0.1, 0.15) is 12.0 Å². The van der Waals surface area contributed by atoms with E-state index in [2.05, 4.69) is 5.32 Å². The summed E-state index contributed by atoms with van der Waals surface area (Å²) in [7, 11) is 0. The molecule has 19 heavy (non-hydrogen) atoms. The van der Waals surface area contributed by atoms with Gasteiger partial charge in [0.05, 0.1) is 10.5 Å². The first-order valence-corrected chi connectivity index (χ1v) is 6.84. The van der Waals surface area contributed by atoms with Gasteiger partial charge in [-0.3, -0.25) is 10.1 Å². The van der Waals surface area contributed by atoms with E-state index in [0.29, 0.717) is 12.6 Å². The summed E-state index contributed by atoms with van der Waals surface area (Å²) in [6, 6.07) is 2.71. The minimum atomic E-state index is -4.62. The summed E-state index contributed by atoms with van der Waals surface area (Å²) >= 11 is 1.60. The second-order valence-electron chi connectivity index (χ2n) is 3.76. The van der Waals surface area contributed by atoms with Crippen LogP contribution in [0.25, 0.3) is 0 Å². The van der Waals surface area contributed by atoms with Crippen LogP contribution in [0.5, 0.6) is 0 Å². The van der Waals surface area contributed by atoms with Gasteiger partial charge < -0.3 is 5.32 Å². The van der Waals surface area contributed by atoms with Gasteiger partial charge in [0.1, 0.15) is 0 Å². The van der Waals surface area contributed by atoms with E-state index < -0.39 is 22.4 Å². The summed E-state index contributed by atoms with van der Waals surface area (Å²) in [6.45, 7) is 0.391. The number of nitro groups is 1. The van der Waals surface area contributed by atoms with Gasteiger partial charge in [-0.2, -0.15) is 24.9 Å². The van der Waals surface area contributed by atoms with Crippen LogP contribution in [0, 0.1) is 10.1 Å². The van der Waals surface area contributed by atoms with Gasteiger partial charge in [0, 0.05) is 24.4 Å². The third-order valence-corrected chi connectivity index (χ3v) is 3.06. The molecule has 0 spiro atoms. The van der Waals surface area contributed by atoms with Crippen molar-refractivity contribution in [2.75, 3.05) is 23.9 Å². The van der Waals surface area contributed by atoms with Crippen LogP contribution < -0.4 is 5.32 Å². The maximum Gasteiger partial charge on any atom is 0.418 e. The van der Waals surface area contributed by atoms with Crippen molar-refractivity contribution in [1.29, 1.82) is 0 Å². The lowest BCUT2D eigenvalue weighted by atomic mass is 10.1. The molecule has 106 valence electrons. The fourth-order valence-corrected chi connectivity index (χ4v) is 1.91. The van der Waals surface area contributed by atoms with Crippen LogP contribution in [0.15, 0.2) is 18.2 Å². The average Bonchev–Trinajstić information content (AvgIpc) is 2.33. The standard InChI is InChI=1S/C11H13F3N2O2S/c1-19-6-2-5-15-10-4-3-8(16(17)18)7-9(10)11(12,13)14/h3-4,7,15H,2,5-6H2,1H3. The highest BCUT2D eigenvalue weighted by atomic mass is 32.2. The van der Waals surface area contributed by atoms with Gasteiger partial charge in [-0.05, 0) is 24.5 Å². The predicted octanol–water partition coefficient (Wildman–Crippen LogP) is 3.78. The molecule has 1 rings (SSSR count). The number of nitrogens with one attached hydrogen (secondary N) is 1. The van der Waals surface area contributed by atoms with Crippen molar-refractivity contribution in [2.45, 2.75) is 12.6 Å². The summed E-state index contributed by atoms with van der Waals surface area (Å²) in [5, 5.41) is 13.2. The zero-order valence-corrected chi connectivity index (χ0v) is 11.0. The number of hydrogen-bond donors (Lipinski definition) is 1. The smallest absolute Gasteiger partial charge is 0.385 e. The van der Waals surface area contributed by atoms with E-state index in [1.165, 1.54) is 0 Å². The molecule has 0 aliphatic heterocycles. The number of anilines is 1. The van der Waals surface area contributed by atoms with Crippen molar-refractivity contribution in [3.63, 3.8) is 0 Å². The van der Waals surface area contributed by atoms with Crippen molar-refractivity contribution < 1.29 is 18.1 Å². The fraction of sp³-hybridized carbons (Fsp3) is 0.455. The molecule has 0 aliphatic rings. The number of rotatable bonds is 6. The monoisotopic (exact) mass is 294 g/mol. The molecular weight excluding hydrogens is 281 g/mol. The average molecular weight is 294 g/mol. The van der Waals surface area contributed by atoms with Crippen molar-refractivity contribution in [2.24, 2.45) is 0 Å². The SMILES string of the molecule is CSCCCNc1ccc([N+](=O)[O-])cc1C(F)(F)F. The minimum absolute atomic E-state index is 0.126. The molecule has 0 atom stereocenters. The largest absolute Gasteiger partial charge is 0.418 e. The number of benzene rings is 1. The predicted molar refractivity (Wildman–Crippen MR) is 69.6 cm³/mol. The Labute approximate surface area is 112 Å². The zero-order valence-electron chi connectivity index (χ0n) is 10.2. The molecule has 8 heteroatoms. The van der Waals surface area contributed by atoms with Gasteiger partial charge in [-0.1, -0.05) is 0 Å². The summed E-state index contributed by atoms with van der Waals surface area (Å²) in [5.74, 6) is 0.835. The molecule has 0 aliphatic carbocycles. The van der Waals surface area contributed by atoms with Gasteiger partial charge in [-0.15, -0.1) is 0 Å². The Morgan fingerprint density at radius 1 is 1.42 bits per heavy atom. The first-order chi connectivity index (χ1) is 8.86. The highest BCUT2D eigenvalue weighted by molar-refractivity contribution is 7.98. The molecule has 1 aromatic carbocycles. The van der Waals surface area contributed by atoms with E-state index >= 15 is 0 Å². The Balaban J connectivity index is 2.93. The van der Waals surface area contributed by atoms with Crippen molar-refractivity contribution in [3.8, 4) is 0 Å². The van der Waals surface area contributed by atoms with Crippen LogP contribution in [0.3, 0.4) is 0 Å². The third kappa shape index (κ3) is 4.62. The van der Waals surface area contributed by atoms with E-state index in [9.17, 15) is 23.3 Å². The summed E-state index contributed by atoms with van der Waals surface area (Å²) in [4.78, 5) is 9.67. The molecule has 0 aromatic heterocycles. The number of alkyl halides is 3. The lowest BCUT2D eigenvalue weighted by Gasteiger charge is -2.14. The van der Waals surface area contributed by atoms with Crippen LogP contribution >= 0.6 is 11.8 Å². The Morgan fingerprint density at radius 2 is 2.11 bits per heavy atom. The molecule has 0 fully saturated rings. The van der Waals surface area contributed by atoms with Crippen molar-refractivity contribution in [1.82, 2.24) is 0 Å². The number of non-ortho nitro benzene ring substituents is 1. The van der Waals surface area contributed by atoms with Gasteiger partial charge in [-0.25, -0.2) is 0 Å². The van der Waals surface area contributed by atoms with Crippen LogP contribution in [0.2, 0.25) is 0 Å². The van der Waals surface area contributed by atoms with E-state index in [0.717, 1.165) is 24.3 Å². The minimum Gasteiger partial charge on any atom is -0.385 e. The van der Waals surface area contributed by atoms with Gasteiger partial charge in [0.2, 0.25) is 0 Å². The Hall–Kier alpha value is -1.44. The molecule has 0 radical (unpaired) electrons. The number of halogens is 3. The third-order valence-electron chi connectivity index (χ3n) is 2.36. The first kappa shape index (κ1) is 15.6. The summed E-state index contributed by atoms with van der Waals surface area (Å²) in [6.07, 6.45) is -1.99. The van der Waals surface area contributed by atoms with Gasteiger partial charge >= 0.3 is 6.18 Å². The normalized spacial score (nSPS) is 11.4. The molecule has 0 amide bonds. The number of nitrogens with zero attached hydrogens (tertiary/aromatic N) is 1. The van der Waals surface area contributed by atoms with Gasteiger partial charge in [0.25, 0.3) is 5.69 Å². The molecular formula is C11H13F3N2O2S. The highest BCUT2D eigenvalue weighted by Gasteiger charge is 2.35. The quantitative estimate of drug-likeness (QED) is 0.493. The number of hydrogen-bond acceptors (Lipinski definition) is 4. The molecule has 0 saturated carbocycles. The second-order valence-corrected chi connectivity index (χ2v) is 4.74. The Bertz CT molecular complexity index is 452. The van der Waals surface area contributed by atoms with Gasteiger partial charge in [0.15, 0.2) is 0 Å². The van der Waals surface area contributed by atoms with Crippen molar-refractivity contribution in [3.05, 3.63) is 33.9 Å². The lowest BCUT2D eigenvalue weighted by Crippen LogP contribution is -2.12. The van der Waals surface area contributed by atoms with E-state index in [1.807, 2.05) is 6.26 Å². The molecule has 1 N–H and O–H groups in total. The highest BCUT2D eigenvalue weighted by Crippen LogP contribution is 2.37. The summed E-state index contributed by atoms with van der Waals surface area (Å²) in [5.41, 5.74) is -1.70. The maximum absolute atomic E-state index is 12.8. The molecule has 0 bridgehead atoms. The number of thioether (sulfide) groups is 1.